The predicted molar refractivity (Wildman–Crippen MR) is 148 cm³/mol. The molecular formula is C31H39NO6. The average Bonchev–Trinajstić information content (AvgIpc) is 3.30. The van der Waals surface area contributed by atoms with E-state index in [1.807, 2.05) is 39.0 Å². The van der Waals surface area contributed by atoms with Gasteiger partial charge in [-0.3, -0.25) is 14.4 Å². The van der Waals surface area contributed by atoms with E-state index >= 15 is 0 Å². The number of hydrogen-bond donors (Lipinski definition) is 2. The van der Waals surface area contributed by atoms with Crippen molar-refractivity contribution in [2.75, 3.05) is 13.2 Å². The maximum atomic E-state index is 12.5. The fourth-order valence-corrected chi connectivity index (χ4v) is 4.62. The molecule has 0 radical (unpaired) electrons. The molecule has 0 fully saturated rings. The molecule has 0 saturated heterocycles. The molecule has 0 aliphatic carbocycles. The Bertz CT molecular complexity index is 1320. The molecule has 7 nitrogen and oxygen atoms in total. The van der Waals surface area contributed by atoms with E-state index in [9.17, 15) is 14.4 Å². The molecule has 1 heterocycles. The van der Waals surface area contributed by atoms with Gasteiger partial charge in [0.2, 0.25) is 0 Å². The van der Waals surface area contributed by atoms with Crippen molar-refractivity contribution in [3.05, 3.63) is 64.9 Å². The molecule has 38 heavy (non-hydrogen) atoms. The van der Waals surface area contributed by atoms with Gasteiger partial charge in [-0.15, -0.1) is 0 Å². The lowest BCUT2D eigenvalue weighted by atomic mass is 9.73. The van der Waals surface area contributed by atoms with Crippen LogP contribution in [-0.4, -0.2) is 35.9 Å². The quantitative estimate of drug-likeness (QED) is 0.300. The van der Waals surface area contributed by atoms with Gasteiger partial charge in [0.25, 0.3) is 5.91 Å². The van der Waals surface area contributed by atoms with Crippen LogP contribution in [0.15, 0.2) is 46.9 Å². The number of hydrogen-bond acceptors (Lipinski definition) is 5. The van der Waals surface area contributed by atoms with Crippen molar-refractivity contribution in [2.24, 2.45) is 5.41 Å². The molecule has 204 valence electrons. The Kier molecular flexibility index (Phi) is 8.70. The highest BCUT2D eigenvalue weighted by Gasteiger charge is 2.35. The Balaban J connectivity index is 2.00. The molecular weight excluding hydrogens is 482 g/mol. The first-order valence-corrected chi connectivity index (χ1v) is 13.2. The predicted octanol–water partition coefficient (Wildman–Crippen LogP) is 6.47. The first-order valence-electron chi connectivity index (χ1n) is 13.2. The Morgan fingerprint density at radius 1 is 1.00 bits per heavy atom. The minimum Gasteiger partial charge on any atom is -0.486 e. The smallest absolute Gasteiger partial charge is 0.322 e. The van der Waals surface area contributed by atoms with Crippen LogP contribution in [-0.2, 0) is 15.0 Å². The molecule has 2 N–H and O–H groups in total. The number of carbonyl (C=O) groups excluding carboxylic acids is 2. The summed E-state index contributed by atoms with van der Waals surface area (Å²) in [5.74, 6) is 0.195. The summed E-state index contributed by atoms with van der Waals surface area (Å²) in [5.41, 5.74) is 2.29. The van der Waals surface area contributed by atoms with Crippen LogP contribution in [0.1, 0.15) is 94.5 Å². The molecule has 3 rings (SSSR count). The van der Waals surface area contributed by atoms with Gasteiger partial charge in [-0.25, -0.2) is 0 Å². The maximum Gasteiger partial charge on any atom is 0.322 e. The Labute approximate surface area is 224 Å². The van der Waals surface area contributed by atoms with Crippen molar-refractivity contribution >= 4 is 28.6 Å². The third kappa shape index (κ3) is 6.09. The fraction of sp³-hybridized carbons (Fsp3) is 0.452. The lowest BCUT2D eigenvalue weighted by Gasteiger charge is -2.31. The van der Waals surface area contributed by atoms with E-state index in [0.29, 0.717) is 16.9 Å². The summed E-state index contributed by atoms with van der Waals surface area (Å²) in [6.45, 7) is 13.7. The molecule has 0 atom stereocenters. The summed E-state index contributed by atoms with van der Waals surface area (Å²) in [7, 11) is 0. The Morgan fingerprint density at radius 2 is 1.68 bits per heavy atom. The van der Waals surface area contributed by atoms with Crippen LogP contribution in [0, 0.1) is 5.41 Å². The third-order valence-electron chi connectivity index (χ3n) is 7.24. The maximum absolute atomic E-state index is 12.5. The Morgan fingerprint density at radius 3 is 2.26 bits per heavy atom. The first-order chi connectivity index (χ1) is 17.8. The molecule has 0 aliphatic rings. The van der Waals surface area contributed by atoms with Crippen molar-refractivity contribution in [1.82, 2.24) is 5.32 Å². The molecule has 0 unspecified atom stereocenters. The molecule has 1 aromatic heterocycles. The van der Waals surface area contributed by atoms with Crippen molar-refractivity contribution < 1.29 is 28.6 Å². The number of aliphatic carboxylic acids is 1. The number of carboxylic acids is 1. The highest BCUT2D eigenvalue weighted by molar-refractivity contribution is 5.99. The number of rotatable bonds is 11. The fourth-order valence-electron chi connectivity index (χ4n) is 4.62. The molecule has 0 bridgehead atoms. The summed E-state index contributed by atoms with van der Waals surface area (Å²) in [6.07, 6.45) is 1.57. The van der Waals surface area contributed by atoms with Crippen LogP contribution >= 0.6 is 0 Å². The van der Waals surface area contributed by atoms with Gasteiger partial charge in [-0.2, -0.15) is 0 Å². The van der Waals surface area contributed by atoms with Crippen molar-refractivity contribution in [2.45, 2.75) is 72.6 Å². The zero-order valence-electron chi connectivity index (χ0n) is 23.4. The number of carbonyl (C=O) groups is 3. The van der Waals surface area contributed by atoms with E-state index in [2.05, 4.69) is 39.1 Å². The highest BCUT2D eigenvalue weighted by Crippen LogP contribution is 2.43. The normalized spacial score (nSPS) is 12.1. The second kappa shape index (κ2) is 11.4. The van der Waals surface area contributed by atoms with Crippen molar-refractivity contribution in [3.8, 4) is 5.75 Å². The largest absolute Gasteiger partial charge is 0.486 e. The summed E-state index contributed by atoms with van der Waals surface area (Å²) in [6, 6.07) is 13.2. The van der Waals surface area contributed by atoms with Gasteiger partial charge in [-0.05, 0) is 60.2 Å². The van der Waals surface area contributed by atoms with Crippen LogP contribution in [0.3, 0.4) is 0 Å². The topological polar surface area (TPSA) is 106 Å². The van der Waals surface area contributed by atoms with Crippen LogP contribution in [0.4, 0.5) is 0 Å². The van der Waals surface area contributed by atoms with Crippen LogP contribution < -0.4 is 10.1 Å². The van der Waals surface area contributed by atoms with E-state index in [-0.39, 0.29) is 18.3 Å². The van der Waals surface area contributed by atoms with Gasteiger partial charge in [0.05, 0.1) is 5.41 Å². The summed E-state index contributed by atoms with van der Waals surface area (Å²) < 4.78 is 12.3. The number of furan rings is 1. The highest BCUT2D eigenvalue weighted by atomic mass is 16.5. The average molecular weight is 522 g/mol. The molecule has 2 aromatic carbocycles. The van der Waals surface area contributed by atoms with Crippen LogP contribution in [0.25, 0.3) is 11.0 Å². The zero-order chi connectivity index (χ0) is 28.3. The van der Waals surface area contributed by atoms with Crippen LogP contribution in [0.5, 0.6) is 5.75 Å². The molecule has 0 aliphatic heterocycles. The minimum atomic E-state index is -1.10. The third-order valence-corrected chi connectivity index (χ3v) is 7.24. The van der Waals surface area contributed by atoms with E-state index in [0.717, 1.165) is 35.1 Å². The van der Waals surface area contributed by atoms with E-state index in [1.165, 1.54) is 0 Å². The summed E-state index contributed by atoms with van der Waals surface area (Å²) in [5, 5.41) is 12.0. The molecule has 0 spiro atoms. The second-order valence-corrected chi connectivity index (χ2v) is 11.1. The number of carboxylic acid groups (broad SMARTS) is 1. The number of ether oxygens (including phenoxy) is 1. The molecule has 1 amide bonds. The zero-order valence-corrected chi connectivity index (χ0v) is 23.4. The molecule has 0 saturated carbocycles. The van der Waals surface area contributed by atoms with Gasteiger partial charge in [0, 0.05) is 16.4 Å². The number of benzene rings is 2. The standard InChI is InChI=1S/C31H39NO6/c1-8-31(9-2,22-11-13-25(23(16-22)19(3)4)37-18-26(33)30(5,6)7)27-15-21-14-20(10-12-24(21)38-27)29(36)32-17-28(34)35/h10-16,19H,8-9,17-18H2,1-7H3,(H,32,36)(H,34,35). The van der Waals surface area contributed by atoms with E-state index in [4.69, 9.17) is 14.3 Å². The van der Waals surface area contributed by atoms with Gasteiger partial charge in [0.15, 0.2) is 5.78 Å². The van der Waals surface area contributed by atoms with E-state index < -0.39 is 29.3 Å². The number of ketones is 1. The number of Topliss-reactive ketones (excluding diaryl/α,β-unsaturated/α-hetero) is 1. The van der Waals surface area contributed by atoms with Crippen molar-refractivity contribution in [1.29, 1.82) is 0 Å². The lowest BCUT2D eigenvalue weighted by Crippen LogP contribution is -2.29. The molecule has 7 heteroatoms. The van der Waals surface area contributed by atoms with Gasteiger partial charge in [-0.1, -0.05) is 60.6 Å². The molecule has 3 aromatic rings. The monoisotopic (exact) mass is 521 g/mol. The first kappa shape index (κ1) is 29.0. The lowest BCUT2D eigenvalue weighted by molar-refractivity contribution is -0.135. The second-order valence-electron chi connectivity index (χ2n) is 11.1. The van der Waals surface area contributed by atoms with Crippen molar-refractivity contribution in [3.63, 3.8) is 0 Å². The van der Waals surface area contributed by atoms with Gasteiger partial charge in [0.1, 0.15) is 30.2 Å². The SMILES string of the molecule is CCC(CC)(c1ccc(OCC(=O)C(C)(C)C)c(C(C)C)c1)c1cc2cc(C(=O)NCC(=O)O)ccc2o1. The summed E-state index contributed by atoms with van der Waals surface area (Å²) in [4.78, 5) is 35.6. The van der Waals surface area contributed by atoms with Gasteiger partial charge >= 0.3 is 5.97 Å². The van der Waals surface area contributed by atoms with Crippen LogP contribution in [0.2, 0.25) is 0 Å². The Hall–Kier alpha value is -3.61. The summed E-state index contributed by atoms with van der Waals surface area (Å²) >= 11 is 0. The number of amides is 1. The van der Waals surface area contributed by atoms with Gasteiger partial charge < -0.3 is 19.6 Å². The minimum absolute atomic E-state index is 0.0290. The number of fused-ring (bicyclic) bond motifs is 1. The van der Waals surface area contributed by atoms with E-state index in [1.54, 1.807) is 18.2 Å². The number of nitrogens with one attached hydrogen (secondary N) is 1.